The Morgan fingerprint density at radius 3 is 2.59 bits per heavy atom. The zero-order valence-electron chi connectivity index (χ0n) is 12.0. The Hall–Kier alpha value is -1.54. The lowest BCUT2D eigenvalue weighted by Crippen LogP contribution is -2.35. The zero-order valence-corrected chi connectivity index (χ0v) is 12.9. The van der Waals surface area contributed by atoms with Gasteiger partial charge in [-0.2, -0.15) is 0 Å². The normalized spacial score (nSPS) is 15.0. The number of imide groups is 1. The number of thioether (sulfide) groups is 1. The molecule has 0 fully saturated rings. The number of aliphatic hydroxyl groups excluding tert-OH is 1. The second-order valence-electron chi connectivity index (χ2n) is 4.82. The number of amides is 2. The van der Waals surface area contributed by atoms with Crippen LogP contribution in [0.25, 0.3) is 0 Å². The summed E-state index contributed by atoms with van der Waals surface area (Å²) in [5.74, 6) is -2.42. The standard InChI is InChI=1S/C14H18FNO5S/c15-11-8-16(13(20)7-12(11)19)14(21)22-6-4-2-1-3-5-10(18)9-17/h8,17H,1-7,9H2. The molecule has 0 atom stereocenters. The number of ketones is 2. The van der Waals surface area contributed by atoms with Crippen molar-refractivity contribution in [1.29, 1.82) is 0 Å². The van der Waals surface area contributed by atoms with Gasteiger partial charge < -0.3 is 5.11 Å². The van der Waals surface area contributed by atoms with E-state index >= 15 is 0 Å². The molecule has 0 radical (unpaired) electrons. The summed E-state index contributed by atoms with van der Waals surface area (Å²) in [7, 11) is 0. The summed E-state index contributed by atoms with van der Waals surface area (Å²) < 4.78 is 13.1. The van der Waals surface area contributed by atoms with Crippen LogP contribution >= 0.6 is 11.8 Å². The summed E-state index contributed by atoms with van der Waals surface area (Å²) in [4.78, 5) is 45.7. The number of rotatable bonds is 8. The SMILES string of the molecule is O=C(CO)CCCCCCSC(=O)N1C=C(F)C(=O)CC1=O. The first-order valence-electron chi connectivity index (χ1n) is 6.97. The maximum absolute atomic E-state index is 13.1. The predicted molar refractivity (Wildman–Crippen MR) is 78.7 cm³/mol. The Bertz CT molecular complexity index is 492. The number of nitrogens with zero attached hydrogens (tertiary/aromatic N) is 1. The number of halogens is 1. The number of Topliss-reactive ketones (excluding diaryl/α,β-unsaturated/α-hetero) is 2. The second-order valence-corrected chi connectivity index (χ2v) is 5.86. The topological polar surface area (TPSA) is 91.8 Å². The fraction of sp³-hybridized carbons (Fsp3) is 0.571. The largest absolute Gasteiger partial charge is 0.389 e. The molecule has 0 unspecified atom stereocenters. The van der Waals surface area contributed by atoms with Gasteiger partial charge in [-0.1, -0.05) is 24.6 Å². The highest BCUT2D eigenvalue weighted by Crippen LogP contribution is 2.20. The molecule has 0 aliphatic carbocycles. The molecule has 122 valence electrons. The zero-order chi connectivity index (χ0) is 16.5. The predicted octanol–water partition coefficient (Wildman–Crippen LogP) is 1.96. The van der Waals surface area contributed by atoms with Crippen LogP contribution in [0.2, 0.25) is 0 Å². The molecule has 2 amide bonds. The number of carbonyl (C=O) groups is 4. The van der Waals surface area contributed by atoms with Gasteiger partial charge in [0.05, 0.1) is 12.6 Å². The average Bonchev–Trinajstić information content (AvgIpc) is 2.49. The van der Waals surface area contributed by atoms with Gasteiger partial charge in [0.2, 0.25) is 11.7 Å². The van der Waals surface area contributed by atoms with E-state index in [4.69, 9.17) is 5.11 Å². The number of unbranched alkanes of at least 4 members (excludes halogenated alkanes) is 3. The maximum Gasteiger partial charge on any atom is 0.292 e. The van der Waals surface area contributed by atoms with Gasteiger partial charge in [0, 0.05) is 12.2 Å². The second kappa shape index (κ2) is 9.47. The van der Waals surface area contributed by atoms with Gasteiger partial charge in [0.15, 0.2) is 11.6 Å². The molecule has 0 spiro atoms. The molecule has 0 aromatic rings. The first-order chi connectivity index (χ1) is 10.5. The summed E-state index contributed by atoms with van der Waals surface area (Å²) in [5, 5.41) is 7.95. The van der Waals surface area contributed by atoms with Gasteiger partial charge in [-0.3, -0.25) is 19.2 Å². The molecule has 1 rings (SSSR count). The monoisotopic (exact) mass is 331 g/mol. The molecule has 0 bridgehead atoms. The smallest absolute Gasteiger partial charge is 0.292 e. The Morgan fingerprint density at radius 1 is 1.23 bits per heavy atom. The average molecular weight is 331 g/mol. The molecule has 0 saturated heterocycles. The van der Waals surface area contributed by atoms with Crippen LogP contribution in [-0.4, -0.2) is 45.1 Å². The van der Waals surface area contributed by atoms with E-state index in [0.29, 0.717) is 29.7 Å². The van der Waals surface area contributed by atoms with Gasteiger partial charge in [-0.15, -0.1) is 0 Å². The highest BCUT2D eigenvalue weighted by molar-refractivity contribution is 8.13. The van der Waals surface area contributed by atoms with Crippen molar-refractivity contribution in [3.05, 3.63) is 12.0 Å². The van der Waals surface area contributed by atoms with Crippen LogP contribution in [0.4, 0.5) is 9.18 Å². The Morgan fingerprint density at radius 2 is 1.91 bits per heavy atom. The molecule has 1 aliphatic rings. The van der Waals surface area contributed by atoms with Gasteiger partial charge in [0.25, 0.3) is 5.24 Å². The van der Waals surface area contributed by atoms with E-state index in [9.17, 15) is 23.6 Å². The van der Waals surface area contributed by atoms with Crippen molar-refractivity contribution in [2.75, 3.05) is 12.4 Å². The Balaban J connectivity index is 2.20. The number of carbonyl (C=O) groups excluding carboxylic acids is 4. The fourth-order valence-electron chi connectivity index (χ4n) is 1.80. The molecule has 0 aromatic heterocycles. The van der Waals surface area contributed by atoms with Crippen LogP contribution in [-0.2, 0) is 14.4 Å². The lowest BCUT2D eigenvalue weighted by atomic mass is 10.1. The summed E-state index contributed by atoms with van der Waals surface area (Å²) >= 11 is 0.895. The molecular weight excluding hydrogens is 313 g/mol. The van der Waals surface area contributed by atoms with Crippen molar-refractivity contribution in [1.82, 2.24) is 4.90 Å². The molecule has 8 heteroatoms. The maximum atomic E-state index is 13.1. The number of hydrogen-bond acceptors (Lipinski definition) is 6. The van der Waals surface area contributed by atoms with E-state index in [1.165, 1.54) is 0 Å². The molecule has 6 nitrogen and oxygen atoms in total. The molecule has 22 heavy (non-hydrogen) atoms. The van der Waals surface area contributed by atoms with Gasteiger partial charge in [-0.05, 0) is 12.8 Å². The third-order valence-corrected chi connectivity index (χ3v) is 3.97. The van der Waals surface area contributed by atoms with Crippen LogP contribution in [0.5, 0.6) is 0 Å². The van der Waals surface area contributed by atoms with Gasteiger partial charge in [-0.25, -0.2) is 9.29 Å². The Labute approximate surface area is 131 Å². The summed E-state index contributed by atoms with van der Waals surface area (Å²) in [6.07, 6.45) is 3.41. The summed E-state index contributed by atoms with van der Waals surface area (Å²) in [6.45, 7) is -0.430. The number of hydrogen-bond donors (Lipinski definition) is 1. The van der Waals surface area contributed by atoms with Crippen LogP contribution < -0.4 is 0 Å². The van der Waals surface area contributed by atoms with E-state index in [2.05, 4.69) is 0 Å². The minimum absolute atomic E-state index is 0.184. The number of allylic oxidation sites excluding steroid dienone is 1. The van der Waals surface area contributed by atoms with Crippen molar-refractivity contribution in [2.45, 2.75) is 38.5 Å². The van der Waals surface area contributed by atoms with Crippen molar-refractivity contribution >= 4 is 34.5 Å². The molecule has 1 aliphatic heterocycles. The molecule has 0 saturated carbocycles. The van der Waals surface area contributed by atoms with Crippen molar-refractivity contribution in [3.63, 3.8) is 0 Å². The van der Waals surface area contributed by atoms with Gasteiger partial charge in [0.1, 0.15) is 6.61 Å². The van der Waals surface area contributed by atoms with E-state index in [1.54, 1.807) is 0 Å². The molecule has 1 heterocycles. The quantitative estimate of drug-likeness (QED) is 0.540. The molecular formula is C14H18FNO5S. The molecule has 1 N–H and O–H groups in total. The third-order valence-electron chi connectivity index (χ3n) is 3.04. The molecule has 0 aromatic carbocycles. The fourth-order valence-corrected chi connectivity index (χ4v) is 2.62. The summed E-state index contributed by atoms with van der Waals surface area (Å²) in [5.41, 5.74) is 0. The van der Waals surface area contributed by atoms with Crippen molar-refractivity contribution in [3.8, 4) is 0 Å². The first kappa shape index (κ1) is 18.5. The van der Waals surface area contributed by atoms with E-state index in [1.807, 2.05) is 0 Å². The lowest BCUT2D eigenvalue weighted by Gasteiger charge is -2.19. The van der Waals surface area contributed by atoms with Crippen LogP contribution in [0.1, 0.15) is 38.5 Å². The lowest BCUT2D eigenvalue weighted by molar-refractivity contribution is -0.132. The minimum Gasteiger partial charge on any atom is -0.389 e. The van der Waals surface area contributed by atoms with E-state index in [-0.39, 0.29) is 5.78 Å². The number of aliphatic hydroxyl groups is 1. The van der Waals surface area contributed by atoms with Crippen LogP contribution in [0, 0.1) is 0 Å². The van der Waals surface area contributed by atoms with Crippen molar-refractivity contribution < 1.29 is 28.7 Å². The van der Waals surface area contributed by atoms with E-state index < -0.39 is 35.8 Å². The highest BCUT2D eigenvalue weighted by Gasteiger charge is 2.29. The third kappa shape index (κ3) is 6.07. The first-order valence-corrected chi connectivity index (χ1v) is 7.96. The highest BCUT2D eigenvalue weighted by atomic mass is 32.2. The summed E-state index contributed by atoms with van der Waals surface area (Å²) in [6, 6.07) is 0. The van der Waals surface area contributed by atoms with Gasteiger partial charge >= 0.3 is 0 Å². The van der Waals surface area contributed by atoms with Crippen molar-refractivity contribution in [2.24, 2.45) is 0 Å². The van der Waals surface area contributed by atoms with E-state index in [0.717, 1.165) is 31.0 Å². The minimum atomic E-state index is -1.08. The Kier molecular flexibility index (Phi) is 7.97. The van der Waals surface area contributed by atoms with Crippen LogP contribution in [0.15, 0.2) is 12.0 Å². The van der Waals surface area contributed by atoms with Crippen LogP contribution in [0.3, 0.4) is 0 Å².